The Morgan fingerprint density at radius 2 is 1.83 bits per heavy atom. The number of sulfonamides is 1. The number of rotatable bonds is 9. The highest BCUT2D eigenvalue weighted by atomic mass is 32.2. The molecule has 1 saturated heterocycles. The van der Waals surface area contributed by atoms with Gasteiger partial charge in [-0.25, -0.2) is 12.7 Å². The summed E-state index contributed by atoms with van der Waals surface area (Å²) in [5.41, 5.74) is 1.94. The van der Waals surface area contributed by atoms with Gasteiger partial charge in [0.15, 0.2) is 0 Å². The van der Waals surface area contributed by atoms with Crippen molar-refractivity contribution >= 4 is 27.6 Å². The Morgan fingerprint density at radius 1 is 1.11 bits per heavy atom. The second kappa shape index (κ2) is 13.7. The Morgan fingerprint density at radius 3 is 2.48 bits per heavy atom. The molecule has 9 nitrogen and oxygen atoms in total. The summed E-state index contributed by atoms with van der Waals surface area (Å²) >= 11 is 0. The normalized spacial score (nSPS) is 20.0. The van der Waals surface area contributed by atoms with E-state index in [4.69, 9.17) is 9.98 Å². The van der Waals surface area contributed by atoms with Crippen molar-refractivity contribution in [3.05, 3.63) is 64.7 Å². The summed E-state index contributed by atoms with van der Waals surface area (Å²) in [4.78, 5) is 23.7. The molecule has 0 bridgehead atoms. The Bertz CT molecular complexity index is 1590. The van der Waals surface area contributed by atoms with E-state index in [0.717, 1.165) is 24.0 Å². The maximum absolute atomic E-state index is 13.5. The molecule has 5 rings (SSSR count). The van der Waals surface area contributed by atoms with Gasteiger partial charge < -0.3 is 15.0 Å². The topological polar surface area (TPSA) is 104 Å². The number of carbonyl (C=O) groups excluding carboxylic acids is 1. The van der Waals surface area contributed by atoms with Crippen molar-refractivity contribution < 1.29 is 31.1 Å². The van der Waals surface area contributed by atoms with Gasteiger partial charge in [0.2, 0.25) is 10.0 Å². The average molecular weight is 662 g/mol. The Kier molecular flexibility index (Phi) is 10.1. The maximum atomic E-state index is 13.5. The van der Waals surface area contributed by atoms with Crippen LogP contribution in [0.1, 0.15) is 72.0 Å². The van der Waals surface area contributed by atoms with E-state index in [0.29, 0.717) is 54.5 Å². The number of alkyl halides is 3. The van der Waals surface area contributed by atoms with Crippen LogP contribution < -0.4 is 10.1 Å². The second-order valence-corrected chi connectivity index (χ2v) is 14.8. The molecule has 46 heavy (non-hydrogen) atoms. The van der Waals surface area contributed by atoms with Gasteiger partial charge in [-0.1, -0.05) is 37.5 Å². The highest BCUT2D eigenvalue weighted by Gasteiger charge is 2.46. The molecule has 2 fully saturated rings. The molecule has 3 aliphatic rings. The van der Waals surface area contributed by atoms with Crippen LogP contribution in [-0.4, -0.2) is 86.6 Å². The summed E-state index contributed by atoms with van der Waals surface area (Å²) < 4.78 is 71.3. The fourth-order valence-corrected chi connectivity index (χ4v) is 7.97. The molecule has 0 aromatic heterocycles. The van der Waals surface area contributed by atoms with Crippen LogP contribution in [0, 0.1) is 12.8 Å². The minimum atomic E-state index is -4.82. The monoisotopic (exact) mass is 661 g/mol. The smallest absolute Gasteiger partial charge is 0.406 e. The quantitative estimate of drug-likeness (QED) is 0.392. The van der Waals surface area contributed by atoms with E-state index in [1.807, 2.05) is 13.0 Å². The third-order valence-electron chi connectivity index (χ3n) is 9.14. The number of amidine groups is 2. The number of benzene rings is 2. The predicted octanol–water partition coefficient (Wildman–Crippen LogP) is 5.33. The van der Waals surface area contributed by atoms with Gasteiger partial charge >= 0.3 is 6.36 Å². The molecular weight excluding hydrogens is 619 g/mol. The highest BCUT2D eigenvalue weighted by molar-refractivity contribution is 7.89. The number of ether oxygens (including phenoxy) is 1. The number of nitrogens with zero attached hydrogens (tertiary/aromatic N) is 4. The molecule has 250 valence electrons. The molecule has 1 N–H and O–H groups in total. The molecule has 2 aromatic rings. The summed E-state index contributed by atoms with van der Waals surface area (Å²) in [6, 6.07) is 11.0. The Labute approximate surface area is 269 Å². The fourth-order valence-electron chi connectivity index (χ4n) is 6.50. The summed E-state index contributed by atoms with van der Waals surface area (Å²) in [5, 5.41) is 3.29. The summed E-state index contributed by atoms with van der Waals surface area (Å²) in [7, 11) is -0.222. The summed E-state index contributed by atoms with van der Waals surface area (Å²) in [5.74, 6) is 0.996. The van der Waals surface area contributed by atoms with Crippen LogP contribution in [0.15, 0.2) is 52.4 Å². The number of piperidine rings is 1. The van der Waals surface area contributed by atoms with Gasteiger partial charge in [0, 0.05) is 44.9 Å². The average Bonchev–Trinajstić information content (AvgIpc) is 3.36. The van der Waals surface area contributed by atoms with Gasteiger partial charge in [-0.15, -0.1) is 13.2 Å². The van der Waals surface area contributed by atoms with Crippen molar-refractivity contribution in [3.8, 4) is 5.75 Å². The lowest BCUT2D eigenvalue weighted by Gasteiger charge is -2.36. The van der Waals surface area contributed by atoms with E-state index >= 15 is 0 Å². The number of hydrogen-bond donors (Lipinski definition) is 1. The van der Waals surface area contributed by atoms with Crippen LogP contribution in [0.3, 0.4) is 0 Å². The number of aryl methyl sites for hydroxylation is 2. The molecule has 1 amide bonds. The van der Waals surface area contributed by atoms with Crippen LogP contribution in [0.25, 0.3) is 0 Å². The van der Waals surface area contributed by atoms with Crippen LogP contribution in [0.2, 0.25) is 0 Å². The van der Waals surface area contributed by atoms with Gasteiger partial charge in [0.25, 0.3) is 5.91 Å². The van der Waals surface area contributed by atoms with Crippen molar-refractivity contribution in [2.75, 3.05) is 39.5 Å². The minimum absolute atomic E-state index is 0.0663. The first-order chi connectivity index (χ1) is 21.7. The molecule has 1 spiro atoms. The van der Waals surface area contributed by atoms with E-state index in [2.05, 4.69) is 10.1 Å². The number of aliphatic imine (C=N–C) groups is 2. The zero-order valence-corrected chi connectivity index (χ0v) is 27.4. The second-order valence-electron chi connectivity index (χ2n) is 12.7. The third kappa shape index (κ3) is 8.09. The molecule has 0 radical (unpaired) electrons. The van der Waals surface area contributed by atoms with Gasteiger partial charge in [0.05, 0.1) is 5.75 Å². The van der Waals surface area contributed by atoms with Gasteiger partial charge in [-0.2, -0.15) is 0 Å². The van der Waals surface area contributed by atoms with Gasteiger partial charge in [-0.3, -0.25) is 14.8 Å². The van der Waals surface area contributed by atoms with Crippen molar-refractivity contribution in [2.45, 2.75) is 70.2 Å². The van der Waals surface area contributed by atoms with Gasteiger partial charge in [0.1, 0.15) is 23.0 Å². The number of amides is 1. The minimum Gasteiger partial charge on any atom is -0.406 e. The Balaban J connectivity index is 1.31. The number of halogens is 3. The van der Waals surface area contributed by atoms with E-state index in [9.17, 15) is 26.4 Å². The lowest BCUT2D eigenvalue weighted by molar-refractivity contribution is -0.274. The van der Waals surface area contributed by atoms with Gasteiger partial charge in [-0.05, 0) is 80.3 Å². The van der Waals surface area contributed by atoms with E-state index in [1.54, 1.807) is 32.3 Å². The molecule has 1 saturated carbocycles. The molecule has 1 aliphatic carbocycles. The van der Waals surface area contributed by atoms with E-state index in [-0.39, 0.29) is 30.5 Å². The number of nitrogens with one attached hydrogen (secondary N) is 1. The molecule has 0 atom stereocenters. The van der Waals surface area contributed by atoms with Crippen molar-refractivity contribution in [1.82, 2.24) is 14.5 Å². The lowest BCUT2D eigenvalue weighted by Crippen LogP contribution is -2.51. The zero-order chi connectivity index (χ0) is 33.1. The van der Waals surface area contributed by atoms with Crippen LogP contribution in [0.5, 0.6) is 5.75 Å². The standard InChI is InChI=1S/C33H42F3N5O4S/c1-23-20-27(30(42)40(2)3)13-12-25(23)14-19-46(43,44)41-17-15-32(16-18-41)31(37-22-24-8-5-4-6-9-24)38-29(39-32)26-10-7-11-28(21-26)45-33(34,35)36/h7,10-13,20-21,24H,4-6,8-9,14-19,22H2,1-3H3,(H,37,38,39). The highest BCUT2D eigenvalue weighted by Crippen LogP contribution is 2.35. The zero-order valence-electron chi connectivity index (χ0n) is 26.6. The molecule has 2 heterocycles. The SMILES string of the molecule is Cc1cc(C(=O)N(C)C)ccc1CCS(=O)(=O)N1CCC2(CC1)N=C(c1cccc(OC(F)(F)F)c1)NC2=NCC1CCCCC1. The fraction of sp³-hybridized carbons (Fsp3) is 0.545. The first-order valence-electron chi connectivity index (χ1n) is 15.8. The molecule has 0 unspecified atom stereocenters. The van der Waals surface area contributed by atoms with Crippen LogP contribution in [-0.2, 0) is 16.4 Å². The predicted molar refractivity (Wildman–Crippen MR) is 172 cm³/mol. The van der Waals surface area contributed by atoms with E-state index < -0.39 is 21.9 Å². The first kappa shape index (κ1) is 33.9. The van der Waals surface area contributed by atoms with Crippen LogP contribution >= 0.6 is 0 Å². The van der Waals surface area contributed by atoms with Crippen molar-refractivity contribution in [3.63, 3.8) is 0 Å². The maximum Gasteiger partial charge on any atom is 0.573 e. The van der Waals surface area contributed by atoms with Crippen molar-refractivity contribution in [2.24, 2.45) is 15.9 Å². The molecule has 2 aliphatic heterocycles. The molecule has 13 heteroatoms. The van der Waals surface area contributed by atoms with E-state index in [1.165, 1.54) is 46.7 Å². The lowest BCUT2D eigenvalue weighted by atomic mass is 9.87. The summed E-state index contributed by atoms with van der Waals surface area (Å²) in [6.45, 7) is 3.00. The third-order valence-corrected chi connectivity index (χ3v) is 11.0. The first-order valence-corrected chi connectivity index (χ1v) is 17.4. The molecular formula is C33H42F3N5O4S. The number of hydrogen-bond acceptors (Lipinski definition) is 6. The van der Waals surface area contributed by atoms with Crippen LogP contribution in [0.4, 0.5) is 13.2 Å². The number of carbonyl (C=O) groups is 1. The largest absolute Gasteiger partial charge is 0.573 e. The van der Waals surface area contributed by atoms with Crippen molar-refractivity contribution in [1.29, 1.82) is 0 Å². The molecule has 2 aromatic carbocycles. The Hall–Kier alpha value is -3.45. The summed E-state index contributed by atoms with van der Waals surface area (Å²) in [6.07, 6.45) is 2.08.